The van der Waals surface area contributed by atoms with Crippen molar-refractivity contribution >= 4 is 151 Å². The van der Waals surface area contributed by atoms with Crippen molar-refractivity contribution in [2.75, 3.05) is 0 Å². The minimum absolute atomic E-state index is 0. The van der Waals surface area contributed by atoms with E-state index in [0.29, 0.717) is 0 Å². The van der Waals surface area contributed by atoms with Gasteiger partial charge in [0, 0.05) is 63.5 Å². The summed E-state index contributed by atoms with van der Waals surface area (Å²) in [4.78, 5) is 65.8. The van der Waals surface area contributed by atoms with Gasteiger partial charge < -0.3 is 74.7 Å². The zero-order chi connectivity index (χ0) is 60.4. The van der Waals surface area contributed by atoms with Crippen LogP contribution in [0.15, 0.2) is 109 Å². The molecule has 1 heterocycles. The molecule has 0 atom stereocenters. The molecular formula is C42H58Cl6N6O20P6. The third-order valence-electron chi connectivity index (χ3n) is 9.48. The fourth-order valence-corrected chi connectivity index (χ4v) is 14.1. The van der Waals surface area contributed by atoms with Crippen molar-refractivity contribution in [3.63, 3.8) is 0 Å². The van der Waals surface area contributed by atoms with Crippen LogP contribution in [0.3, 0.4) is 0 Å². The minimum atomic E-state index is -6.56. The Hall–Kier alpha value is -2.36. The molecule has 0 aromatic heterocycles. The van der Waals surface area contributed by atoms with Gasteiger partial charge in [0.15, 0.2) is 0 Å². The monoisotopic (exact) mass is 1360 g/mol. The Morgan fingerprint density at radius 1 is 0.275 bits per heavy atom. The van der Waals surface area contributed by atoms with Gasteiger partial charge in [-0.1, -0.05) is 106 Å². The van der Waals surface area contributed by atoms with E-state index in [4.69, 9.17) is 69.6 Å². The highest BCUT2D eigenvalue weighted by Gasteiger charge is 2.36. The summed E-state index contributed by atoms with van der Waals surface area (Å²) in [5.41, 5.74) is 35.2. The van der Waals surface area contributed by atoms with Gasteiger partial charge >= 0.3 is 0 Å². The lowest BCUT2D eigenvalue weighted by atomic mass is 10.2. The molecule has 1 aliphatic heterocycles. The largest absolute Gasteiger partial charge is 0.756 e. The average molecular weight is 1370 g/mol. The lowest BCUT2D eigenvalue weighted by molar-refractivity contribution is -0.264. The molecule has 7 rings (SSSR count). The van der Waals surface area contributed by atoms with Crippen LogP contribution in [-0.2, 0) is 53.3 Å². The van der Waals surface area contributed by atoms with E-state index in [2.05, 4.69) is 60.3 Å². The van der Waals surface area contributed by atoms with Crippen LogP contribution in [0.5, 0.6) is 0 Å². The van der Waals surface area contributed by atoms with Gasteiger partial charge in [-0.2, -0.15) is 0 Å². The van der Waals surface area contributed by atoms with Gasteiger partial charge in [-0.3, -0.25) is 27.4 Å². The molecular weight excluding hydrogens is 1310 g/mol. The zero-order valence-corrected chi connectivity index (χ0v) is 52.8. The third kappa shape index (κ3) is 30.4. The van der Waals surface area contributed by atoms with Crippen LogP contribution in [0.4, 0.5) is 34.1 Å². The van der Waals surface area contributed by atoms with E-state index in [9.17, 15) is 56.8 Å². The Morgan fingerprint density at radius 3 is 0.450 bits per heavy atom. The second kappa shape index (κ2) is 35.2. The van der Waals surface area contributed by atoms with Gasteiger partial charge in [0.1, 0.15) is 34.1 Å². The molecule has 26 nitrogen and oxygen atoms in total. The number of phosphoric acid groups is 6. The second-order valence-electron chi connectivity index (χ2n) is 15.3. The van der Waals surface area contributed by atoms with Crippen LogP contribution in [0, 0.1) is 41.5 Å². The molecule has 22 N–H and O–H groups in total. The lowest BCUT2D eigenvalue weighted by Gasteiger charge is -2.41. The molecule has 1 fully saturated rings. The normalized spacial score (nSPS) is 23.1. The molecule has 6 aromatic rings. The predicted octanol–water partition coefficient (Wildman–Crippen LogP) is 4.39. The molecule has 0 aliphatic carbocycles. The highest BCUT2D eigenvalue weighted by molar-refractivity contribution is 7.73. The van der Waals surface area contributed by atoms with E-state index >= 15 is 0 Å². The van der Waals surface area contributed by atoms with Crippen molar-refractivity contribution in [3.8, 4) is 0 Å². The molecule has 0 saturated carbocycles. The van der Waals surface area contributed by atoms with Crippen molar-refractivity contribution in [2.24, 2.45) is 0 Å². The molecule has 0 radical (unpaired) electrons. The summed E-state index contributed by atoms with van der Waals surface area (Å²) < 4.78 is 83.4. The van der Waals surface area contributed by atoms with Gasteiger partial charge in [-0.25, -0.2) is 25.9 Å². The molecule has 448 valence electrons. The van der Waals surface area contributed by atoms with E-state index in [0.717, 1.165) is 97.6 Å². The van der Waals surface area contributed by atoms with Gasteiger partial charge in [-0.15, -0.1) is 0 Å². The first-order valence-corrected chi connectivity index (χ1v) is 32.1. The van der Waals surface area contributed by atoms with Crippen LogP contribution >= 0.6 is 117 Å². The Balaban J connectivity index is 0. The number of benzene rings is 6. The quantitative estimate of drug-likeness (QED) is 0.115. The Bertz CT molecular complexity index is 2610. The second-order valence-corrected chi connectivity index (χ2v) is 27.0. The highest BCUT2D eigenvalue weighted by atomic mass is 35.5. The van der Waals surface area contributed by atoms with Gasteiger partial charge in [0.2, 0.25) is 0 Å². The van der Waals surface area contributed by atoms with E-state index in [-0.39, 0.29) is 11.0 Å². The first-order chi connectivity index (χ1) is 35.5. The van der Waals surface area contributed by atoms with E-state index in [1.165, 1.54) is 0 Å². The predicted molar refractivity (Wildman–Crippen MR) is 292 cm³/mol. The number of halogens is 6. The van der Waals surface area contributed by atoms with Crippen molar-refractivity contribution in [1.82, 2.24) is 0 Å². The number of rotatable bonds is 0. The fraction of sp³-hybridized carbons (Fsp3) is 0.143. The topological polar surface area (TPSA) is 525 Å². The van der Waals surface area contributed by atoms with Crippen LogP contribution in [-0.4, -0.2) is 11.0 Å². The first-order valence-electron chi connectivity index (χ1n) is 21.1. The maximum absolute atomic E-state index is 11.0. The molecule has 80 heavy (non-hydrogen) atoms. The van der Waals surface area contributed by atoms with Crippen LogP contribution in [0.2, 0.25) is 30.1 Å². The summed E-state index contributed by atoms with van der Waals surface area (Å²) in [7, 11) is -39.3. The van der Waals surface area contributed by atoms with Gasteiger partial charge in [0.05, 0.1) is 0 Å². The average Bonchev–Trinajstić information content (AvgIpc) is 3.27. The summed E-state index contributed by atoms with van der Waals surface area (Å²) in [5.74, 6) is 0. The highest BCUT2D eigenvalue weighted by Crippen LogP contribution is 2.74. The molecule has 6 aromatic carbocycles. The summed E-state index contributed by atoms with van der Waals surface area (Å²) >= 11 is 34.6. The molecule has 1 saturated heterocycles. The van der Waals surface area contributed by atoms with Crippen molar-refractivity contribution in [3.05, 3.63) is 173 Å². The standard InChI is InChI=1S/6C7H8ClN.H6O18P6.2H2O/c6*1-5-6(8)3-2-4-7(5)9;1-19(2)13-20(3,4)15-22(7,8)17-24(11,12)18-23(9,10)16-21(5,6)14-19;;/h6*2-4H,9H2,1H3;(H,1,2)(H,3,4)(H,5,6)(H,7,8)(H,9,10)(H,11,12);2*1H2. The van der Waals surface area contributed by atoms with Crippen molar-refractivity contribution in [1.29, 1.82) is 0 Å². The minimum Gasteiger partial charge on any atom is -0.756 e. The molecule has 0 unspecified atom stereocenters. The molecule has 0 bridgehead atoms. The van der Waals surface area contributed by atoms with Gasteiger partial charge in [-0.05, 0) is 114 Å². The maximum atomic E-state index is 11.0. The summed E-state index contributed by atoms with van der Waals surface area (Å²) in [6.07, 6.45) is 0. The summed E-state index contributed by atoms with van der Waals surface area (Å²) in [6, 6.07) is 34.3. The fourth-order valence-electron chi connectivity index (χ4n) is 4.74. The third-order valence-corrected chi connectivity index (χ3v) is 21.5. The van der Waals surface area contributed by atoms with Crippen molar-refractivity contribution < 1.29 is 128 Å². The first kappa shape index (κ1) is 79.7. The number of quaternary nitrogens is 6. The number of hydrogen-bond acceptors (Lipinski definition) is 18. The smallest absolute Gasteiger partial charge is 0.280 e. The molecule has 38 heteroatoms. The SMILES string of the molecule is Cc1c([NH3+])cccc1Cl.Cc1c([NH3+])cccc1Cl.Cc1c([NH3+])cccc1Cl.Cc1c([NH3+])cccc1Cl.Cc1c([NH3+])cccc1Cl.Cc1c([NH3+])cccc1Cl.O.O.O=P1([O-])OP(=O)([O-])OP(=O)([O-])OP(=O)([O-])OP(=O)([O-])OP(=O)([O-])O1. The Morgan fingerprint density at radius 2 is 0.375 bits per heavy atom. The lowest BCUT2D eigenvalue weighted by Crippen LogP contribution is -2.41. The summed E-state index contributed by atoms with van der Waals surface area (Å²) in [6.45, 7) is 11.8. The van der Waals surface area contributed by atoms with E-state index in [1.807, 2.05) is 151 Å². The van der Waals surface area contributed by atoms with E-state index < -0.39 is 46.9 Å². The molecule has 0 amide bonds. The van der Waals surface area contributed by atoms with Crippen LogP contribution in [0.25, 0.3) is 0 Å². The Kier molecular flexibility index (Phi) is 35.1. The van der Waals surface area contributed by atoms with Crippen molar-refractivity contribution in [2.45, 2.75) is 41.5 Å². The van der Waals surface area contributed by atoms with Gasteiger partial charge in [0.25, 0.3) is 46.9 Å². The zero-order valence-electron chi connectivity index (χ0n) is 42.9. The molecule has 0 spiro atoms. The number of hydrogen-bond donors (Lipinski definition) is 6. The van der Waals surface area contributed by atoms with Crippen LogP contribution < -0.4 is 63.8 Å². The van der Waals surface area contributed by atoms with E-state index in [1.54, 1.807) is 0 Å². The summed E-state index contributed by atoms with van der Waals surface area (Å²) in [5, 5.41) is 4.76. The maximum Gasteiger partial charge on any atom is 0.280 e. The van der Waals surface area contributed by atoms with Crippen LogP contribution in [0.1, 0.15) is 33.4 Å². The molecule has 1 aliphatic rings. The Labute approximate surface area is 490 Å².